The Morgan fingerprint density at radius 1 is 0.804 bits per heavy atom. The van der Waals surface area contributed by atoms with Gasteiger partial charge in [0.15, 0.2) is 28.0 Å². The maximum atomic E-state index is 9.26. The molecule has 1 atom stereocenters. The number of nitrogens with one attached hydrogen (secondary N) is 1. The van der Waals surface area contributed by atoms with Gasteiger partial charge in [-0.05, 0) is 119 Å². The van der Waals surface area contributed by atoms with Crippen LogP contribution in [0.15, 0.2) is 24.3 Å². The first-order valence-corrected chi connectivity index (χ1v) is 16.5. The lowest BCUT2D eigenvalue weighted by atomic mass is 10.0. The van der Waals surface area contributed by atoms with Gasteiger partial charge in [0.2, 0.25) is 0 Å². The van der Waals surface area contributed by atoms with Crippen molar-refractivity contribution >= 4 is 23.2 Å². The molecule has 9 nitrogen and oxygen atoms in total. The Kier molecular flexibility index (Phi) is 9.29. The third-order valence-corrected chi connectivity index (χ3v) is 9.20. The molecular formula is C35H36Cl2N6O3. The van der Waals surface area contributed by atoms with E-state index in [0.29, 0.717) is 56.3 Å². The van der Waals surface area contributed by atoms with Crippen LogP contribution in [0, 0.1) is 50.4 Å². The summed E-state index contributed by atoms with van der Waals surface area (Å²) in [7, 11) is 0. The van der Waals surface area contributed by atoms with Gasteiger partial charge in [0.25, 0.3) is 0 Å². The van der Waals surface area contributed by atoms with Gasteiger partial charge in [-0.2, -0.15) is 20.7 Å². The number of hydrogen-bond donors (Lipinski definition) is 1. The Morgan fingerprint density at radius 3 is 1.83 bits per heavy atom. The Hall–Kier alpha value is -4.02. The molecule has 238 valence electrons. The third kappa shape index (κ3) is 6.73. The van der Waals surface area contributed by atoms with Gasteiger partial charge in [0.05, 0.1) is 29.0 Å². The minimum atomic E-state index is -0.115. The van der Waals surface area contributed by atoms with Crippen molar-refractivity contribution < 1.29 is 14.2 Å². The predicted octanol–water partition coefficient (Wildman–Crippen LogP) is 9.62. The zero-order valence-corrected chi connectivity index (χ0v) is 27.9. The molecule has 0 radical (unpaired) electrons. The molecule has 4 aromatic rings. The molecule has 1 saturated heterocycles. The normalized spacial score (nSPS) is 17.4. The van der Waals surface area contributed by atoms with E-state index in [0.717, 1.165) is 85.2 Å². The van der Waals surface area contributed by atoms with Crippen molar-refractivity contribution in [3.8, 4) is 35.1 Å². The number of nitrogens with zero attached hydrogens (tertiary/aromatic N) is 5. The van der Waals surface area contributed by atoms with Crippen LogP contribution in [-0.4, -0.2) is 26.6 Å². The summed E-state index contributed by atoms with van der Waals surface area (Å²) in [5.41, 5.74) is 6.86. The van der Waals surface area contributed by atoms with Crippen molar-refractivity contribution in [1.82, 2.24) is 20.0 Å². The van der Waals surface area contributed by atoms with Gasteiger partial charge >= 0.3 is 0 Å². The molecule has 2 aliphatic carbocycles. The molecule has 0 amide bonds. The average Bonchev–Trinajstić information content (AvgIpc) is 3.97. The Morgan fingerprint density at radius 2 is 1.35 bits per heavy atom. The summed E-state index contributed by atoms with van der Waals surface area (Å²) in [5, 5.41) is 30.9. The number of aromatic nitrogens is 4. The smallest absolute Gasteiger partial charge is 0.193 e. The summed E-state index contributed by atoms with van der Waals surface area (Å²) in [4.78, 5) is 0. The van der Waals surface area contributed by atoms with Gasteiger partial charge in [-0.15, -0.1) is 0 Å². The summed E-state index contributed by atoms with van der Waals surface area (Å²) in [6, 6.07) is 11.9. The van der Waals surface area contributed by atoms with Crippen molar-refractivity contribution in [2.45, 2.75) is 90.7 Å². The van der Waals surface area contributed by atoms with Crippen LogP contribution in [0.3, 0.4) is 0 Å². The van der Waals surface area contributed by atoms with Crippen molar-refractivity contribution in [2.75, 3.05) is 6.61 Å². The maximum absolute atomic E-state index is 9.26. The fraction of sp³-hybridized carbons (Fsp3) is 0.429. The van der Waals surface area contributed by atoms with E-state index in [1.165, 1.54) is 0 Å². The highest BCUT2D eigenvalue weighted by Gasteiger charge is 2.35. The molecule has 2 saturated carbocycles. The molecule has 3 aliphatic rings. The summed E-state index contributed by atoms with van der Waals surface area (Å²) in [6.45, 7) is 8.38. The van der Waals surface area contributed by atoms with E-state index in [2.05, 4.69) is 22.3 Å². The molecule has 46 heavy (non-hydrogen) atoms. The second-order valence-electron chi connectivity index (χ2n) is 12.4. The van der Waals surface area contributed by atoms with E-state index in [-0.39, 0.29) is 6.23 Å². The van der Waals surface area contributed by atoms with Gasteiger partial charge in [-0.1, -0.05) is 23.2 Å². The van der Waals surface area contributed by atoms with Gasteiger partial charge in [0, 0.05) is 18.4 Å². The highest BCUT2D eigenvalue weighted by molar-refractivity contribution is 6.31. The van der Waals surface area contributed by atoms with E-state index in [4.69, 9.17) is 47.8 Å². The Bertz CT molecular complexity index is 1810. The van der Waals surface area contributed by atoms with Crippen molar-refractivity contribution in [1.29, 1.82) is 10.5 Å². The van der Waals surface area contributed by atoms with Crippen molar-refractivity contribution in [2.24, 2.45) is 0 Å². The minimum Gasteiger partial charge on any atom is -0.452 e. The molecule has 7 rings (SSSR count). The zero-order valence-electron chi connectivity index (χ0n) is 26.4. The molecule has 0 bridgehead atoms. The van der Waals surface area contributed by atoms with Crippen LogP contribution in [0.4, 0.5) is 0 Å². The molecule has 0 spiro atoms. The SMILES string of the molecule is Cc1cc(Oc2c(C3CC3)nn(C3CCCCO3)c2Cl)cc(C)c1C#N.Cc1cc(Oc2c(Cl)n[nH]c2C2CC2)cc(C)c1C#N. The lowest BCUT2D eigenvalue weighted by Gasteiger charge is -2.23. The van der Waals surface area contributed by atoms with Crippen LogP contribution >= 0.6 is 23.2 Å². The van der Waals surface area contributed by atoms with E-state index < -0.39 is 0 Å². The minimum absolute atomic E-state index is 0.115. The molecule has 1 unspecified atom stereocenters. The van der Waals surface area contributed by atoms with Gasteiger partial charge in [-0.3, -0.25) is 5.10 Å². The second kappa shape index (κ2) is 13.4. The number of aryl methyl sites for hydroxylation is 4. The predicted molar refractivity (Wildman–Crippen MR) is 175 cm³/mol. The fourth-order valence-electron chi connectivity index (χ4n) is 5.86. The summed E-state index contributed by atoms with van der Waals surface area (Å²) in [5.74, 6) is 3.50. The number of aromatic amines is 1. The number of rotatable bonds is 7. The standard InChI is InChI=1S/C20H22ClN3O2.C15H14ClN3O/c1-12-9-15(10-13(2)16(12)11-22)26-19-18(14-6-7-14)23-24(20(19)21)17-5-3-4-8-25-17;1-8-5-11(6-9(2)12(8)7-17)20-14-13(10-3-4-10)18-19-15(14)16/h9-10,14,17H,3-8H2,1-2H3;5-6,10H,3-4H2,1-2H3,(H,18,19). The third-order valence-electron chi connectivity index (χ3n) is 8.60. The maximum Gasteiger partial charge on any atom is 0.193 e. The first kappa shape index (κ1) is 31.9. The summed E-state index contributed by atoms with van der Waals surface area (Å²) >= 11 is 12.8. The number of halogens is 2. The average molecular weight is 660 g/mol. The van der Waals surface area contributed by atoms with Crippen LogP contribution in [0.2, 0.25) is 10.3 Å². The molecular weight excluding hydrogens is 623 g/mol. The first-order valence-electron chi connectivity index (χ1n) is 15.7. The topological polar surface area (TPSA) is 122 Å². The second-order valence-corrected chi connectivity index (χ2v) is 13.1. The van der Waals surface area contributed by atoms with Gasteiger partial charge in [-0.25, -0.2) is 4.68 Å². The lowest BCUT2D eigenvalue weighted by Crippen LogP contribution is -2.19. The lowest BCUT2D eigenvalue weighted by molar-refractivity contribution is -0.0395. The van der Waals surface area contributed by atoms with Crippen LogP contribution in [0.25, 0.3) is 0 Å². The highest BCUT2D eigenvalue weighted by Crippen LogP contribution is 2.49. The van der Waals surface area contributed by atoms with E-state index in [1.807, 2.05) is 52.0 Å². The Balaban J connectivity index is 0.000000167. The fourth-order valence-corrected chi connectivity index (χ4v) is 6.33. The molecule has 2 aromatic heterocycles. The zero-order chi connectivity index (χ0) is 32.5. The molecule has 2 aromatic carbocycles. The van der Waals surface area contributed by atoms with Crippen LogP contribution in [0.1, 0.15) is 108 Å². The summed E-state index contributed by atoms with van der Waals surface area (Å²) in [6.07, 6.45) is 7.50. The molecule has 1 aliphatic heterocycles. The van der Waals surface area contributed by atoms with Crippen molar-refractivity contribution in [3.05, 3.63) is 79.3 Å². The monoisotopic (exact) mass is 658 g/mol. The number of ether oxygens (including phenoxy) is 3. The van der Waals surface area contributed by atoms with Crippen LogP contribution < -0.4 is 9.47 Å². The number of benzene rings is 2. The van der Waals surface area contributed by atoms with Crippen molar-refractivity contribution in [3.63, 3.8) is 0 Å². The van der Waals surface area contributed by atoms with Crippen LogP contribution in [-0.2, 0) is 4.74 Å². The number of nitriles is 2. The van der Waals surface area contributed by atoms with E-state index in [1.54, 1.807) is 4.68 Å². The molecule has 1 N–H and O–H groups in total. The van der Waals surface area contributed by atoms with Crippen LogP contribution in [0.5, 0.6) is 23.0 Å². The Labute approximate surface area is 279 Å². The largest absolute Gasteiger partial charge is 0.452 e. The molecule has 3 heterocycles. The molecule has 3 fully saturated rings. The number of hydrogen-bond acceptors (Lipinski definition) is 7. The highest BCUT2D eigenvalue weighted by atomic mass is 35.5. The van der Waals surface area contributed by atoms with E-state index in [9.17, 15) is 5.26 Å². The number of H-pyrrole nitrogens is 1. The summed E-state index contributed by atoms with van der Waals surface area (Å²) < 4.78 is 19.7. The first-order chi connectivity index (χ1) is 22.2. The van der Waals surface area contributed by atoms with E-state index >= 15 is 0 Å². The molecule has 11 heteroatoms. The quantitative estimate of drug-likeness (QED) is 0.210. The van der Waals surface area contributed by atoms with Gasteiger partial charge in [0.1, 0.15) is 17.2 Å². The van der Waals surface area contributed by atoms with Gasteiger partial charge < -0.3 is 14.2 Å².